The maximum atomic E-state index is 6.11. The van der Waals surface area contributed by atoms with Crippen LogP contribution in [0.25, 0.3) is 27.9 Å². The Hall–Kier alpha value is -3.48. The summed E-state index contributed by atoms with van der Waals surface area (Å²) in [4.78, 5) is 7.67. The van der Waals surface area contributed by atoms with Gasteiger partial charge in [0.15, 0.2) is 0 Å². The molecule has 1 unspecified atom stereocenters. The van der Waals surface area contributed by atoms with E-state index >= 15 is 0 Å². The fourth-order valence-electron chi connectivity index (χ4n) is 4.74. The zero-order chi connectivity index (χ0) is 21.7. The van der Waals surface area contributed by atoms with Crippen molar-refractivity contribution in [1.82, 2.24) is 25.9 Å². The number of nitrogens with one attached hydrogen (secondary N) is 4. The number of hydrazine groups is 2. The van der Waals surface area contributed by atoms with E-state index < -0.39 is 0 Å². The number of aromatic nitrogens is 2. The van der Waals surface area contributed by atoms with E-state index in [0.29, 0.717) is 0 Å². The SMILES string of the molecule is CC1=C2c3ccc(-c4ccnc5[nH]ccc45)cc3C(Nc3ccc(Cl)cc3)CCN2NN1. The summed E-state index contributed by atoms with van der Waals surface area (Å²) >= 11 is 6.11. The quantitative estimate of drug-likeness (QED) is 0.339. The van der Waals surface area contributed by atoms with Gasteiger partial charge in [0.25, 0.3) is 0 Å². The van der Waals surface area contributed by atoms with E-state index in [9.17, 15) is 0 Å². The molecule has 4 aromatic rings. The first-order chi connectivity index (χ1) is 15.7. The highest BCUT2D eigenvalue weighted by Crippen LogP contribution is 2.40. The van der Waals surface area contributed by atoms with Crippen LogP contribution in [0.5, 0.6) is 0 Å². The van der Waals surface area contributed by atoms with Gasteiger partial charge in [-0.2, -0.15) is 0 Å². The van der Waals surface area contributed by atoms with Crippen LogP contribution in [0.1, 0.15) is 30.5 Å². The van der Waals surface area contributed by atoms with Crippen LogP contribution in [0.2, 0.25) is 5.02 Å². The molecule has 0 radical (unpaired) electrons. The topological polar surface area (TPSA) is 68.0 Å². The average molecular weight is 443 g/mol. The predicted octanol–water partition coefficient (Wildman–Crippen LogP) is 5.45. The maximum Gasteiger partial charge on any atom is 0.137 e. The molecule has 0 fully saturated rings. The normalized spacial score (nSPS) is 17.7. The molecule has 0 amide bonds. The van der Waals surface area contributed by atoms with Crippen molar-refractivity contribution in [3.05, 3.63) is 88.8 Å². The third-order valence-corrected chi connectivity index (χ3v) is 6.54. The molecule has 0 aliphatic carbocycles. The van der Waals surface area contributed by atoms with Crippen LogP contribution in [0.4, 0.5) is 5.69 Å². The lowest BCUT2D eigenvalue weighted by molar-refractivity contribution is 0.281. The Morgan fingerprint density at radius 1 is 1.06 bits per heavy atom. The number of fused-ring (bicyclic) bond motifs is 4. The Labute approximate surface area is 191 Å². The molecule has 7 heteroatoms. The number of pyridine rings is 1. The Kier molecular flexibility index (Phi) is 4.56. The van der Waals surface area contributed by atoms with E-state index in [1.165, 1.54) is 28.0 Å². The minimum atomic E-state index is 0.155. The van der Waals surface area contributed by atoms with Gasteiger partial charge in [-0.25, -0.2) is 4.98 Å². The first kappa shape index (κ1) is 19.2. The lowest BCUT2D eigenvalue weighted by atomic mass is 9.92. The molecule has 2 aliphatic heterocycles. The molecule has 0 saturated carbocycles. The molecule has 160 valence electrons. The summed E-state index contributed by atoms with van der Waals surface area (Å²) in [7, 11) is 0. The first-order valence-electron chi connectivity index (χ1n) is 10.8. The average Bonchev–Trinajstić information content (AvgIpc) is 3.40. The van der Waals surface area contributed by atoms with E-state index in [0.717, 1.165) is 40.4 Å². The zero-order valence-corrected chi connectivity index (χ0v) is 18.4. The lowest BCUT2D eigenvalue weighted by Gasteiger charge is -2.21. The Balaban J connectivity index is 1.50. The smallest absolute Gasteiger partial charge is 0.137 e. The number of H-pyrrole nitrogens is 1. The van der Waals surface area contributed by atoms with Crippen molar-refractivity contribution >= 4 is 34.0 Å². The van der Waals surface area contributed by atoms with Crippen molar-refractivity contribution in [3.63, 3.8) is 0 Å². The van der Waals surface area contributed by atoms with E-state index in [-0.39, 0.29) is 6.04 Å². The molecule has 0 spiro atoms. The number of halogens is 1. The Bertz CT molecular complexity index is 1340. The van der Waals surface area contributed by atoms with Crippen molar-refractivity contribution < 1.29 is 0 Å². The van der Waals surface area contributed by atoms with Crippen molar-refractivity contribution in [2.75, 3.05) is 11.9 Å². The van der Waals surface area contributed by atoms with Crippen LogP contribution < -0.4 is 16.3 Å². The molecule has 1 atom stereocenters. The van der Waals surface area contributed by atoms with Crippen LogP contribution in [0, 0.1) is 0 Å². The summed E-state index contributed by atoms with van der Waals surface area (Å²) in [5, 5.41) is 7.82. The zero-order valence-electron chi connectivity index (χ0n) is 17.6. The molecule has 4 N–H and O–H groups in total. The Morgan fingerprint density at radius 3 is 2.81 bits per heavy atom. The second-order valence-corrected chi connectivity index (χ2v) is 8.69. The van der Waals surface area contributed by atoms with Gasteiger partial charge in [0.2, 0.25) is 0 Å². The number of allylic oxidation sites excluding steroid dienone is 1. The highest BCUT2D eigenvalue weighted by Gasteiger charge is 2.30. The van der Waals surface area contributed by atoms with Gasteiger partial charge in [-0.05, 0) is 72.5 Å². The Morgan fingerprint density at radius 2 is 1.94 bits per heavy atom. The third kappa shape index (κ3) is 3.20. The first-order valence-corrected chi connectivity index (χ1v) is 11.1. The van der Waals surface area contributed by atoms with Gasteiger partial charge in [0.05, 0.1) is 17.4 Å². The van der Waals surface area contributed by atoms with Gasteiger partial charge in [-0.1, -0.05) is 23.7 Å². The molecule has 6 rings (SSSR count). The van der Waals surface area contributed by atoms with Crippen LogP contribution in [-0.2, 0) is 0 Å². The fourth-order valence-corrected chi connectivity index (χ4v) is 4.87. The number of benzene rings is 2. The van der Waals surface area contributed by atoms with Crippen molar-refractivity contribution in [1.29, 1.82) is 0 Å². The van der Waals surface area contributed by atoms with Crippen molar-refractivity contribution in [2.45, 2.75) is 19.4 Å². The van der Waals surface area contributed by atoms with Crippen molar-refractivity contribution in [3.8, 4) is 11.1 Å². The number of hydrogen-bond donors (Lipinski definition) is 4. The van der Waals surface area contributed by atoms with E-state index in [4.69, 9.17) is 11.6 Å². The van der Waals surface area contributed by atoms with Gasteiger partial charge in [0.1, 0.15) is 5.65 Å². The van der Waals surface area contributed by atoms with Crippen LogP contribution in [-0.4, -0.2) is 21.5 Å². The standard InChI is InChI=1S/C25H23ClN6/c1-15-24-20-7-2-16(19-8-11-27-25-21(19)9-12-28-25)14-22(20)23(10-13-32(24)31-30-15)29-18-5-3-17(26)4-6-18/h2-9,11-12,14,23,29-31H,10,13H2,1H3,(H,27,28). The van der Waals surface area contributed by atoms with Gasteiger partial charge in [-0.15, -0.1) is 5.53 Å². The number of aromatic amines is 1. The third-order valence-electron chi connectivity index (χ3n) is 6.28. The molecular formula is C25H23ClN6. The highest BCUT2D eigenvalue weighted by molar-refractivity contribution is 6.30. The summed E-state index contributed by atoms with van der Waals surface area (Å²) in [6.45, 7) is 2.99. The molecule has 32 heavy (non-hydrogen) atoms. The van der Waals surface area contributed by atoms with E-state index in [1.807, 2.05) is 36.7 Å². The van der Waals surface area contributed by atoms with Gasteiger partial charge >= 0.3 is 0 Å². The van der Waals surface area contributed by atoms with Gasteiger partial charge in [0, 0.05) is 40.6 Å². The summed E-state index contributed by atoms with van der Waals surface area (Å²) in [5.74, 6) is 0. The number of nitrogens with zero attached hydrogens (tertiary/aromatic N) is 2. The van der Waals surface area contributed by atoms with Gasteiger partial charge in [-0.3, -0.25) is 5.01 Å². The monoisotopic (exact) mass is 442 g/mol. The maximum absolute atomic E-state index is 6.11. The number of anilines is 1. The predicted molar refractivity (Wildman–Crippen MR) is 130 cm³/mol. The minimum absolute atomic E-state index is 0.155. The molecular weight excluding hydrogens is 420 g/mol. The van der Waals surface area contributed by atoms with Crippen LogP contribution in [0.3, 0.4) is 0 Å². The second-order valence-electron chi connectivity index (χ2n) is 8.26. The molecule has 6 nitrogen and oxygen atoms in total. The molecule has 4 heterocycles. The summed E-state index contributed by atoms with van der Waals surface area (Å²) < 4.78 is 0. The van der Waals surface area contributed by atoms with Crippen LogP contribution >= 0.6 is 11.6 Å². The highest BCUT2D eigenvalue weighted by atomic mass is 35.5. The summed E-state index contributed by atoms with van der Waals surface area (Å²) in [6.07, 6.45) is 4.75. The second kappa shape index (κ2) is 7.58. The largest absolute Gasteiger partial charge is 0.378 e. The molecule has 2 aliphatic rings. The molecule has 2 aromatic carbocycles. The fraction of sp³-hybridized carbons (Fsp3) is 0.160. The van der Waals surface area contributed by atoms with Crippen LogP contribution in [0.15, 0.2) is 72.7 Å². The van der Waals surface area contributed by atoms with Gasteiger partial charge < -0.3 is 15.7 Å². The molecule has 0 saturated heterocycles. The summed E-state index contributed by atoms with van der Waals surface area (Å²) in [6, 6.07) is 19.0. The molecule has 2 aromatic heterocycles. The number of rotatable bonds is 3. The molecule has 0 bridgehead atoms. The van der Waals surface area contributed by atoms with E-state index in [2.05, 4.69) is 68.5 Å². The van der Waals surface area contributed by atoms with Crippen molar-refractivity contribution in [2.24, 2.45) is 0 Å². The lowest BCUT2D eigenvalue weighted by Crippen LogP contribution is -2.37. The number of hydrogen-bond acceptors (Lipinski definition) is 5. The summed E-state index contributed by atoms with van der Waals surface area (Å²) in [5.41, 5.74) is 15.7. The minimum Gasteiger partial charge on any atom is -0.378 e. The van der Waals surface area contributed by atoms with E-state index in [1.54, 1.807) is 0 Å².